The van der Waals surface area contributed by atoms with Crippen LogP contribution in [0.25, 0.3) is 0 Å². The molecule has 1 N–H and O–H groups in total. The summed E-state index contributed by atoms with van der Waals surface area (Å²) in [7, 11) is 1.62. The fraction of sp³-hybridized carbons (Fsp3) is 0.417. The highest BCUT2D eigenvalue weighted by molar-refractivity contribution is 5.78. The van der Waals surface area contributed by atoms with Crippen LogP contribution in [0.3, 0.4) is 0 Å². The van der Waals surface area contributed by atoms with Crippen molar-refractivity contribution in [3.8, 4) is 5.75 Å². The van der Waals surface area contributed by atoms with E-state index in [0.29, 0.717) is 12.3 Å². The molecule has 1 aliphatic rings. The first kappa shape index (κ1) is 10.0. The second-order valence-corrected chi connectivity index (χ2v) is 4.02. The van der Waals surface area contributed by atoms with Crippen LogP contribution < -0.4 is 4.74 Å². The van der Waals surface area contributed by atoms with Crippen LogP contribution >= 0.6 is 0 Å². The molecule has 2 unspecified atom stereocenters. The number of carboxylic acids is 1. The molecule has 80 valence electrons. The molecule has 1 aromatic rings. The van der Waals surface area contributed by atoms with E-state index in [2.05, 4.69) is 6.92 Å². The number of aliphatic carboxylic acids is 1. The number of fused-ring (bicyclic) bond motifs is 1. The summed E-state index contributed by atoms with van der Waals surface area (Å²) < 4.78 is 5.14. The number of benzene rings is 1. The fourth-order valence-electron chi connectivity index (χ4n) is 2.27. The van der Waals surface area contributed by atoms with Crippen molar-refractivity contribution >= 4 is 5.97 Å². The molecule has 0 fully saturated rings. The van der Waals surface area contributed by atoms with Gasteiger partial charge < -0.3 is 9.84 Å². The molecule has 0 heterocycles. The summed E-state index contributed by atoms with van der Waals surface area (Å²) in [6.45, 7) is 2.06. The number of rotatable bonds is 2. The zero-order valence-corrected chi connectivity index (χ0v) is 8.86. The largest absolute Gasteiger partial charge is 0.497 e. The van der Waals surface area contributed by atoms with Gasteiger partial charge in [0.05, 0.1) is 13.0 Å². The van der Waals surface area contributed by atoms with Gasteiger partial charge in [0.15, 0.2) is 0 Å². The van der Waals surface area contributed by atoms with E-state index >= 15 is 0 Å². The number of carboxylic acid groups (broad SMARTS) is 1. The Hall–Kier alpha value is -1.51. The maximum atomic E-state index is 11.0. The van der Waals surface area contributed by atoms with E-state index in [9.17, 15) is 4.79 Å². The Labute approximate surface area is 88.7 Å². The summed E-state index contributed by atoms with van der Waals surface area (Å²) in [5, 5.41) is 9.07. The van der Waals surface area contributed by atoms with Gasteiger partial charge in [-0.15, -0.1) is 0 Å². The van der Waals surface area contributed by atoms with Gasteiger partial charge in [-0.25, -0.2) is 0 Å². The smallest absolute Gasteiger partial charge is 0.311 e. The zero-order valence-electron chi connectivity index (χ0n) is 8.86. The van der Waals surface area contributed by atoms with Gasteiger partial charge in [-0.3, -0.25) is 4.79 Å². The predicted octanol–water partition coefficient (Wildman–Crippen LogP) is 2.37. The SMILES string of the molecule is COc1ccc2c(c1)C(C)CC2C(=O)O. The molecule has 2 rings (SSSR count). The van der Waals surface area contributed by atoms with Crippen LogP contribution in [-0.4, -0.2) is 18.2 Å². The van der Waals surface area contributed by atoms with Gasteiger partial charge >= 0.3 is 5.97 Å². The highest BCUT2D eigenvalue weighted by Gasteiger charge is 2.33. The van der Waals surface area contributed by atoms with E-state index in [1.807, 2.05) is 18.2 Å². The summed E-state index contributed by atoms with van der Waals surface area (Å²) >= 11 is 0. The second kappa shape index (κ2) is 3.57. The van der Waals surface area contributed by atoms with E-state index in [1.165, 1.54) is 0 Å². The first-order chi connectivity index (χ1) is 7.13. The molecule has 0 spiro atoms. The van der Waals surface area contributed by atoms with E-state index < -0.39 is 5.97 Å². The molecule has 0 saturated carbocycles. The molecule has 0 saturated heterocycles. The molecule has 1 aliphatic carbocycles. The highest BCUT2D eigenvalue weighted by atomic mass is 16.5. The van der Waals surface area contributed by atoms with Gasteiger partial charge in [-0.05, 0) is 35.6 Å². The van der Waals surface area contributed by atoms with Gasteiger partial charge in [0, 0.05) is 0 Å². The molecule has 3 heteroatoms. The van der Waals surface area contributed by atoms with Crippen molar-refractivity contribution in [3.63, 3.8) is 0 Å². The molecule has 15 heavy (non-hydrogen) atoms. The van der Waals surface area contributed by atoms with Crippen molar-refractivity contribution in [1.29, 1.82) is 0 Å². The number of hydrogen-bond donors (Lipinski definition) is 1. The van der Waals surface area contributed by atoms with E-state index in [1.54, 1.807) is 7.11 Å². The number of hydrogen-bond acceptors (Lipinski definition) is 2. The van der Waals surface area contributed by atoms with Crippen molar-refractivity contribution in [1.82, 2.24) is 0 Å². The van der Waals surface area contributed by atoms with Crippen LogP contribution in [0.5, 0.6) is 5.75 Å². The maximum absolute atomic E-state index is 11.0. The molecule has 0 amide bonds. The summed E-state index contributed by atoms with van der Waals surface area (Å²) in [5.74, 6) is 0.0227. The van der Waals surface area contributed by atoms with Crippen molar-refractivity contribution in [2.75, 3.05) is 7.11 Å². The first-order valence-corrected chi connectivity index (χ1v) is 5.04. The Balaban J connectivity index is 2.45. The normalized spacial score (nSPS) is 23.6. The molecule has 0 bridgehead atoms. The molecule has 2 atom stereocenters. The molecule has 0 radical (unpaired) electrons. The number of methoxy groups -OCH3 is 1. The quantitative estimate of drug-likeness (QED) is 0.808. The predicted molar refractivity (Wildman–Crippen MR) is 56.4 cm³/mol. The van der Waals surface area contributed by atoms with Gasteiger partial charge in [-0.1, -0.05) is 13.0 Å². The molecular weight excluding hydrogens is 192 g/mol. The lowest BCUT2D eigenvalue weighted by atomic mass is 10.0. The highest BCUT2D eigenvalue weighted by Crippen LogP contribution is 2.42. The fourth-order valence-corrected chi connectivity index (χ4v) is 2.27. The summed E-state index contributed by atoms with van der Waals surface area (Å²) in [6.07, 6.45) is 0.692. The van der Waals surface area contributed by atoms with Gasteiger partial charge in [0.25, 0.3) is 0 Å². The first-order valence-electron chi connectivity index (χ1n) is 5.04. The third-order valence-electron chi connectivity index (χ3n) is 3.09. The minimum atomic E-state index is -0.731. The molecule has 3 nitrogen and oxygen atoms in total. The Bertz CT molecular complexity index is 398. The van der Waals surface area contributed by atoms with Crippen LogP contribution in [0.1, 0.15) is 36.3 Å². The molecule has 0 aromatic heterocycles. The van der Waals surface area contributed by atoms with Gasteiger partial charge in [-0.2, -0.15) is 0 Å². The average Bonchev–Trinajstić information content (AvgIpc) is 2.56. The van der Waals surface area contributed by atoms with E-state index in [0.717, 1.165) is 16.9 Å². The third kappa shape index (κ3) is 1.58. The van der Waals surface area contributed by atoms with Crippen LogP contribution in [-0.2, 0) is 4.79 Å². The Morgan fingerprint density at radius 3 is 2.80 bits per heavy atom. The van der Waals surface area contributed by atoms with Gasteiger partial charge in [0.1, 0.15) is 5.75 Å². The van der Waals surface area contributed by atoms with Crippen molar-refractivity contribution in [2.45, 2.75) is 25.2 Å². The molecular formula is C12H14O3. The summed E-state index contributed by atoms with van der Waals surface area (Å²) in [6, 6.07) is 5.65. The van der Waals surface area contributed by atoms with Crippen LogP contribution in [0.4, 0.5) is 0 Å². The number of ether oxygens (including phenoxy) is 1. The lowest BCUT2D eigenvalue weighted by Crippen LogP contribution is -2.07. The number of carbonyl (C=O) groups is 1. The van der Waals surface area contributed by atoms with Crippen molar-refractivity contribution < 1.29 is 14.6 Å². The van der Waals surface area contributed by atoms with Crippen LogP contribution in [0, 0.1) is 0 Å². The second-order valence-electron chi connectivity index (χ2n) is 4.02. The van der Waals surface area contributed by atoms with Gasteiger partial charge in [0.2, 0.25) is 0 Å². The monoisotopic (exact) mass is 206 g/mol. The topological polar surface area (TPSA) is 46.5 Å². The minimum Gasteiger partial charge on any atom is -0.497 e. The zero-order chi connectivity index (χ0) is 11.0. The van der Waals surface area contributed by atoms with Crippen molar-refractivity contribution in [3.05, 3.63) is 29.3 Å². The molecule has 1 aromatic carbocycles. The lowest BCUT2D eigenvalue weighted by Gasteiger charge is -2.07. The van der Waals surface area contributed by atoms with E-state index in [-0.39, 0.29) is 5.92 Å². The van der Waals surface area contributed by atoms with Crippen molar-refractivity contribution in [2.24, 2.45) is 0 Å². The van der Waals surface area contributed by atoms with Crippen LogP contribution in [0.15, 0.2) is 18.2 Å². The standard InChI is InChI=1S/C12H14O3/c1-7-5-11(12(13)14)9-4-3-8(15-2)6-10(7)9/h3-4,6-7,11H,5H2,1-2H3,(H,13,14). The van der Waals surface area contributed by atoms with Crippen LogP contribution in [0.2, 0.25) is 0 Å². The Morgan fingerprint density at radius 2 is 2.20 bits per heavy atom. The maximum Gasteiger partial charge on any atom is 0.311 e. The summed E-state index contributed by atoms with van der Waals surface area (Å²) in [4.78, 5) is 11.0. The Kier molecular flexibility index (Phi) is 2.39. The molecule has 0 aliphatic heterocycles. The minimum absolute atomic E-state index is 0.302. The lowest BCUT2D eigenvalue weighted by molar-refractivity contribution is -0.138. The third-order valence-corrected chi connectivity index (χ3v) is 3.09. The average molecular weight is 206 g/mol. The summed E-state index contributed by atoms with van der Waals surface area (Å²) in [5.41, 5.74) is 2.05. The Morgan fingerprint density at radius 1 is 1.47 bits per heavy atom. The van der Waals surface area contributed by atoms with E-state index in [4.69, 9.17) is 9.84 Å².